The van der Waals surface area contributed by atoms with Gasteiger partial charge in [-0.2, -0.15) is 14.0 Å². The number of nitrogens with zero attached hydrogens (tertiary/aromatic N) is 5. The number of carbonyl (C=O) groups excluding carboxylic acids is 2. The van der Waals surface area contributed by atoms with Crippen molar-refractivity contribution in [1.29, 1.82) is 0 Å². The van der Waals surface area contributed by atoms with Crippen LogP contribution in [0.1, 0.15) is 19.5 Å². The number of hydroxylamine groups is 2. The van der Waals surface area contributed by atoms with Crippen molar-refractivity contribution >= 4 is 61.3 Å². The number of carboxylic acids is 1. The summed E-state index contributed by atoms with van der Waals surface area (Å²) in [6.45, 7) is 4.96. The van der Waals surface area contributed by atoms with Crippen LogP contribution in [-0.2, 0) is 47.5 Å². The van der Waals surface area contributed by atoms with Crippen molar-refractivity contribution in [2.45, 2.75) is 38.1 Å². The highest BCUT2D eigenvalue weighted by Gasteiger charge is 2.57. The number of fused-ring (bicyclic) bond motifs is 1. The van der Waals surface area contributed by atoms with Gasteiger partial charge in [-0.05, 0) is 32.0 Å². The number of hydrogen-bond acceptors (Lipinski definition) is 14. The summed E-state index contributed by atoms with van der Waals surface area (Å²) < 4.78 is 47.0. The second-order valence-corrected chi connectivity index (χ2v) is 12.8. The van der Waals surface area contributed by atoms with Crippen LogP contribution in [0.15, 0.2) is 34.9 Å². The Labute approximate surface area is 260 Å². The summed E-state index contributed by atoms with van der Waals surface area (Å²) >= 11 is 0.961. The molecule has 2 amide bonds. The van der Waals surface area contributed by atoms with E-state index in [9.17, 15) is 32.5 Å². The molecule has 2 aromatic heterocycles. The minimum Gasteiger partial charge on any atom is -0.724 e. The Morgan fingerprint density at radius 2 is 2.11 bits per heavy atom. The van der Waals surface area contributed by atoms with E-state index in [0.29, 0.717) is 16.7 Å². The lowest BCUT2D eigenvalue weighted by atomic mass is 9.84. The van der Waals surface area contributed by atoms with Crippen LogP contribution >= 0.6 is 11.3 Å². The summed E-state index contributed by atoms with van der Waals surface area (Å²) in [6, 6.07) is 4.01. The molecule has 5 N–H and O–H groups in total. The number of nitrogen functional groups attached to an aromatic ring is 1. The summed E-state index contributed by atoms with van der Waals surface area (Å²) in [5, 5.41) is 21.7. The first kappa shape index (κ1) is 32.0. The molecular formula is C25H30N8O10S2. The number of ether oxygens (including phenoxy) is 1. The first-order valence-corrected chi connectivity index (χ1v) is 15.7. The number of carboxylic acid groups (broad SMARTS) is 1. The topological polar surface area (TPSA) is 244 Å². The van der Waals surface area contributed by atoms with Crippen molar-refractivity contribution in [1.82, 2.24) is 25.4 Å². The first-order chi connectivity index (χ1) is 21.1. The smallest absolute Gasteiger partial charge is 0.351 e. The number of rotatable bonds is 13. The van der Waals surface area contributed by atoms with Gasteiger partial charge in [-0.25, -0.2) is 18.2 Å². The Morgan fingerprint density at radius 3 is 2.69 bits per heavy atom. The third-order valence-electron chi connectivity index (χ3n) is 7.33. The second kappa shape index (κ2) is 12.2. The molecule has 2 fully saturated rings. The third kappa shape index (κ3) is 6.83. The van der Waals surface area contributed by atoms with E-state index in [0.717, 1.165) is 41.9 Å². The van der Waals surface area contributed by atoms with Gasteiger partial charge in [-0.1, -0.05) is 5.16 Å². The number of β-lactam (4-membered cyclic amide) rings is 1. The fraction of sp³-hybridized carbons (Fsp3) is 0.440. The standard InChI is InChI=1S/C25H30N8O10S2/c1-25(2)20(22(35)33(25)43-45(38,39)40)29-21(34)19(16-12-44-24(26)28-16)30-42-18(23(36)37)11-41-15-4-5-17-14(6-15)10-31(3)32(17)9-13-7-27-8-13/h4-6,10,12-13,18,20,27H,7-9,11H2,1-3H3,(H4-,26,28,29,34,36,37,38,39,40)/b30-19-/t18-,20+/m0/s1. The van der Waals surface area contributed by atoms with E-state index >= 15 is 0 Å². The molecule has 0 spiro atoms. The van der Waals surface area contributed by atoms with E-state index in [1.807, 2.05) is 24.0 Å². The van der Waals surface area contributed by atoms with E-state index in [4.69, 9.17) is 15.3 Å². The first-order valence-electron chi connectivity index (χ1n) is 13.4. The Kier molecular flexibility index (Phi) is 8.68. The van der Waals surface area contributed by atoms with Crippen molar-refractivity contribution in [3.05, 3.63) is 35.5 Å². The van der Waals surface area contributed by atoms with Crippen molar-refractivity contribution in [2.24, 2.45) is 18.1 Å². The van der Waals surface area contributed by atoms with Gasteiger partial charge in [0.25, 0.3) is 17.9 Å². The minimum absolute atomic E-state index is 0.0610. The maximum atomic E-state index is 13.2. The van der Waals surface area contributed by atoms with Crippen molar-refractivity contribution < 1.29 is 51.0 Å². The number of benzene rings is 1. The molecular weight excluding hydrogens is 636 g/mol. The molecule has 2 aliphatic rings. The quantitative estimate of drug-likeness (QED) is 0.0405. The molecule has 0 radical (unpaired) electrons. The lowest BCUT2D eigenvalue weighted by Crippen LogP contribution is -2.76. The number of hydrogen-bond donors (Lipinski definition) is 4. The molecule has 5 rings (SSSR count). The average molecular weight is 667 g/mol. The summed E-state index contributed by atoms with van der Waals surface area (Å²) in [4.78, 5) is 46.9. The molecule has 0 unspecified atom stereocenters. The summed E-state index contributed by atoms with van der Waals surface area (Å²) in [6.07, 6.45) is 0.270. The van der Waals surface area contributed by atoms with Crippen LogP contribution in [0.5, 0.6) is 5.75 Å². The number of aryl methyl sites for hydroxylation is 1. The molecule has 4 heterocycles. The number of carbonyl (C=O) groups is 3. The highest BCUT2D eigenvalue weighted by molar-refractivity contribution is 7.80. The fourth-order valence-electron chi connectivity index (χ4n) is 4.80. The number of nitrogens with one attached hydrogen (secondary N) is 2. The van der Waals surface area contributed by atoms with E-state index in [1.165, 1.54) is 19.2 Å². The maximum Gasteiger partial charge on any atom is 0.351 e. The van der Waals surface area contributed by atoms with Gasteiger partial charge in [0.15, 0.2) is 17.9 Å². The third-order valence-corrected chi connectivity index (χ3v) is 8.33. The molecule has 18 nitrogen and oxygen atoms in total. The predicted molar refractivity (Wildman–Crippen MR) is 154 cm³/mol. The second-order valence-electron chi connectivity index (χ2n) is 11.0. The van der Waals surface area contributed by atoms with Crippen molar-refractivity contribution in [2.75, 3.05) is 25.4 Å². The molecule has 2 atom stereocenters. The molecule has 2 saturated heterocycles. The van der Waals surface area contributed by atoms with Crippen LogP contribution in [0, 0.1) is 5.92 Å². The van der Waals surface area contributed by atoms with Crippen molar-refractivity contribution in [3.63, 3.8) is 0 Å². The Morgan fingerprint density at radius 1 is 1.38 bits per heavy atom. The van der Waals surface area contributed by atoms with Crippen molar-refractivity contribution in [3.8, 4) is 5.75 Å². The molecule has 3 aromatic rings. The number of amides is 2. The van der Waals surface area contributed by atoms with E-state index in [1.54, 1.807) is 12.1 Å². The molecule has 45 heavy (non-hydrogen) atoms. The number of nitrogens with two attached hydrogens (primary N) is 1. The predicted octanol–water partition coefficient (Wildman–Crippen LogP) is -1.53. The van der Waals surface area contributed by atoms with Gasteiger partial charge in [0.1, 0.15) is 29.6 Å². The zero-order chi connectivity index (χ0) is 32.7. The van der Waals surface area contributed by atoms with Gasteiger partial charge >= 0.3 is 5.97 Å². The number of aliphatic carboxylic acids is 1. The molecule has 20 heteroatoms. The average Bonchev–Trinajstić information content (AvgIpc) is 3.50. The lowest BCUT2D eigenvalue weighted by Gasteiger charge is -2.51. The number of aromatic nitrogens is 3. The maximum absolute atomic E-state index is 13.2. The molecule has 0 bridgehead atoms. The van der Waals surface area contributed by atoms with Gasteiger partial charge in [0, 0.05) is 24.4 Å². The van der Waals surface area contributed by atoms with E-state index < -0.39 is 58.2 Å². The van der Waals surface area contributed by atoms with Gasteiger partial charge in [0.05, 0.1) is 17.5 Å². The molecule has 0 aliphatic carbocycles. The van der Waals surface area contributed by atoms with Gasteiger partial charge in [-0.3, -0.25) is 9.59 Å². The van der Waals surface area contributed by atoms with Gasteiger partial charge in [0.2, 0.25) is 16.6 Å². The molecule has 1 aromatic carbocycles. The number of oxime groups is 1. The fourth-order valence-corrected chi connectivity index (χ4v) is 5.80. The Bertz CT molecular complexity index is 1780. The van der Waals surface area contributed by atoms with Crippen LogP contribution in [-0.4, -0.2) is 93.7 Å². The van der Waals surface area contributed by atoms with Gasteiger partial charge < -0.3 is 35.6 Å². The zero-order valence-corrected chi connectivity index (χ0v) is 25.8. The van der Waals surface area contributed by atoms with E-state index in [-0.39, 0.29) is 10.8 Å². The highest BCUT2D eigenvalue weighted by Crippen LogP contribution is 2.33. The number of thiazole rings is 1. The summed E-state index contributed by atoms with van der Waals surface area (Å²) in [5.41, 5.74) is 4.62. The largest absolute Gasteiger partial charge is 0.724 e. The Hall–Kier alpha value is -4.37. The van der Waals surface area contributed by atoms with Crippen LogP contribution < -0.4 is 25.8 Å². The summed E-state index contributed by atoms with van der Waals surface area (Å²) in [5.74, 6) is -2.57. The van der Waals surface area contributed by atoms with Crippen LogP contribution in [0.2, 0.25) is 0 Å². The molecule has 242 valence electrons. The normalized spacial score (nSPS) is 19.1. The lowest BCUT2D eigenvalue weighted by molar-refractivity contribution is -0.751. The monoisotopic (exact) mass is 666 g/mol. The van der Waals surface area contributed by atoms with Crippen LogP contribution in [0.25, 0.3) is 10.9 Å². The Balaban J connectivity index is 1.29. The molecule has 2 aliphatic heterocycles. The van der Waals surface area contributed by atoms with Crippen LogP contribution in [0.3, 0.4) is 0 Å². The van der Waals surface area contributed by atoms with Crippen LogP contribution in [0.4, 0.5) is 5.13 Å². The highest BCUT2D eigenvalue weighted by atomic mass is 32.3. The molecule has 0 saturated carbocycles. The number of anilines is 1. The van der Waals surface area contributed by atoms with E-state index in [2.05, 4.69) is 29.7 Å². The SMILES string of the molecule is C[n+]1cc2cc(OC[C@H](O/N=C(\C(=O)N[C@@H]3C(=O)N(OS(=O)(=O)[O-])C3(C)C)c3csc(N)n3)C(=O)O)ccc2n1CC1CNC1. The summed E-state index contributed by atoms with van der Waals surface area (Å²) in [7, 11) is -3.32. The van der Waals surface area contributed by atoms with Gasteiger partial charge in [-0.15, -0.1) is 16.0 Å². The zero-order valence-electron chi connectivity index (χ0n) is 24.2. The minimum atomic E-state index is -5.26.